The summed E-state index contributed by atoms with van der Waals surface area (Å²) in [5.74, 6) is -2.85. The lowest BCUT2D eigenvalue weighted by Gasteiger charge is -2.48. The van der Waals surface area contributed by atoms with Crippen molar-refractivity contribution in [3.8, 4) is 0 Å². The fourth-order valence-corrected chi connectivity index (χ4v) is 6.28. The maximum atomic E-state index is 15.4. The van der Waals surface area contributed by atoms with Crippen molar-refractivity contribution in [2.24, 2.45) is 0 Å². The summed E-state index contributed by atoms with van der Waals surface area (Å²) >= 11 is 12.3. The van der Waals surface area contributed by atoms with E-state index in [1.165, 1.54) is 12.1 Å². The smallest absolute Gasteiger partial charge is 0.321 e. The van der Waals surface area contributed by atoms with Gasteiger partial charge in [-0.3, -0.25) is 10.1 Å². The second kappa shape index (κ2) is 8.65. The third-order valence-electron chi connectivity index (χ3n) is 7.22. The molecule has 4 rings (SSSR count). The lowest BCUT2D eigenvalue weighted by Crippen LogP contribution is -2.58. The average molecular weight is 479 g/mol. The molecule has 1 spiro atoms. The van der Waals surface area contributed by atoms with Gasteiger partial charge in [-0.1, -0.05) is 60.7 Å². The van der Waals surface area contributed by atoms with E-state index in [0.717, 1.165) is 25.5 Å². The van der Waals surface area contributed by atoms with Crippen LogP contribution in [0.15, 0.2) is 36.4 Å². The van der Waals surface area contributed by atoms with Gasteiger partial charge in [0.1, 0.15) is 18.1 Å². The first kappa shape index (κ1) is 23.0. The van der Waals surface area contributed by atoms with E-state index in [1.54, 1.807) is 31.3 Å². The van der Waals surface area contributed by atoms with Crippen LogP contribution in [-0.2, 0) is 15.0 Å². The van der Waals surface area contributed by atoms with Crippen LogP contribution >= 0.6 is 23.2 Å². The number of hydrogen-bond acceptors (Lipinski definition) is 4. The van der Waals surface area contributed by atoms with E-state index in [0.29, 0.717) is 29.1 Å². The summed E-state index contributed by atoms with van der Waals surface area (Å²) in [6.07, 6.45) is 4.68. The number of benzene rings is 2. The highest BCUT2D eigenvalue weighted by Gasteiger charge is 2.67. The minimum absolute atomic E-state index is 0.110. The fraction of sp³-hybridized carbons (Fsp3) is 0.417. The molecule has 5 nitrogen and oxygen atoms in total. The molecular weight excluding hydrogens is 454 g/mol. The number of nitrogens with one attached hydrogen (secondary N) is 2. The van der Waals surface area contributed by atoms with Crippen molar-refractivity contribution in [2.75, 3.05) is 12.4 Å². The Hall–Kier alpha value is -2.15. The van der Waals surface area contributed by atoms with E-state index in [-0.39, 0.29) is 10.6 Å². The molecule has 1 heterocycles. The number of halogens is 3. The Labute approximate surface area is 196 Å². The standard InChI is InChI=1S/C24H25Cl2FN2O3/c1-28-18-12-14(25)8-9-16(18)24(13-30)19(15-6-5-7-17(26)20(15)27)21(22(31)32)29-23(24)10-3-2-4-11-23/h5-9,12-13,19,21,28-29H,2-4,10-11H2,1H3,(H,31,32)/t19?,21-,24-/m1/s1. The number of carboxylic acids is 1. The second-order valence-corrected chi connectivity index (χ2v) is 9.49. The molecule has 2 fully saturated rings. The summed E-state index contributed by atoms with van der Waals surface area (Å²) < 4.78 is 15.4. The van der Waals surface area contributed by atoms with Crippen LogP contribution in [0.25, 0.3) is 0 Å². The van der Waals surface area contributed by atoms with Gasteiger partial charge in [0.15, 0.2) is 0 Å². The van der Waals surface area contributed by atoms with E-state index in [2.05, 4.69) is 10.6 Å². The van der Waals surface area contributed by atoms with Gasteiger partial charge in [0.05, 0.1) is 10.4 Å². The molecule has 1 unspecified atom stereocenters. The van der Waals surface area contributed by atoms with Crippen LogP contribution in [0.5, 0.6) is 0 Å². The number of aldehydes is 1. The van der Waals surface area contributed by atoms with Gasteiger partial charge in [0.25, 0.3) is 0 Å². The molecule has 2 aromatic carbocycles. The van der Waals surface area contributed by atoms with Crippen LogP contribution in [0.4, 0.5) is 10.1 Å². The first-order chi connectivity index (χ1) is 15.3. The Morgan fingerprint density at radius 1 is 1.22 bits per heavy atom. The molecule has 32 heavy (non-hydrogen) atoms. The highest BCUT2D eigenvalue weighted by molar-refractivity contribution is 6.31. The van der Waals surface area contributed by atoms with Gasteiger partial charge >= 0.3 is 5.97 Å². The van der Waals surface area contributed by atoms with Crippen molar-refractivity contribution in [3.05, 3.63) is 63.4 Å². The van der Waals surface area contributed by atoms with E-state index >= 15 is 4.39 Å². The number of aliphatic carboxylic acids is 1. The van der Waals surface area contributed by atoms with Crippen LogP contribution in [0.1, 0.15) is 49.1 Å². The molecule has 0 aromatic heterocycles. The van der Waals surface area contributed by atoms with Crippen LogP contribution in [0.2, 0.25) is 10.0 Å². The van der Waals surface area contributed by atoms with Crippen molar-refractivity contribution < 1.29 is 19.1 Å². The Morgan fingerprint density at radius 3 is 2.56 bits per heavy atom. The Balaban J connectivity index is 2.09. The van der Waals surface area contributed by atoms with Crippen LogP contribution in [-0.4, -0.2) is 36.0 Å². The lowest BCUT2D eigenvalue weighted by molar-refractivity contribution is -0.139. The van der Waals surface area contributed by atoms with Crippen molar-refractivity contribution in [1.29, 1.82) is 0 Å². The monoisotopic (exact) mass is 478 g/mol. The number of carboxylic acid groups (broad SMARTS) is 1. The molecule has 0 amide bonds. The van der Waals surface area contributed by atoms with Gasteiger partial charge in [0, 0.05) is 29.2 Å². The topological polar surface area (TPSA) is 78.4 Å². The first-order valence-electron chi connectivity index (χ1n) is 10.7. The molecular formula is C24H25Cl2FN2O3. The molecule has 0 bridgehead atoms. The maximum absolute atomic E-state index is 15.4. The first-order valence-corrected chi connectivity index (χ1v) is 11.5. The minimum Gasteiger partial charge on any atom is -0.480 e. The van der Waals surface area contributed by atoms with Crippen molar-refractivity contribution in [3.63, 3.8) is 0 Å². The van der Waals surface area contributed by atoms with Gasteiger partial charge in [-0.25, -0.2) is 4.39 Å². The summed E-state index contributed by atoms with van der Waals surface area (Å²) in [6.45, 7) is 0. The molecule has 1 aliphatic carbocycles. The predicted molar refractivity (Wildman–Crippen MR) is 123 cm³/mol. The van der Waals surface area contributed by atoms with Crippen LogP contribution in [0, 0.1) is 5.82 Å². The zero-order valence-corrected chi connectivity index (χ0v) is 19.1. The fourth-order valence-electron chi connectivity index (χ4n) is 5.92. The zero-order valence-electron chi connectivity index (χ0n) is 17.6. The molecule has 0 radical (unpaired) electrons. The highest BCUT2D eigenvalue weighted by Crippen LogP contribution is 2.59. The zero-order chi connectivity index (χ0) is 23.1. The molecule has 8 heteroatoms. The maximum Gasteiger partial charge on any atom is 0.321 e. The van der Waals surface area contributed by atoms with Crippen LogP contribution in [0.3, 0.4) is 0 Å². The summed E-state index contributed by atoms with van der Waals surface area (Å²) in [5.41, 5.74) is -0.888. The largest absolute Gasteiger partial charge is 0.480 e. The third kappa shape index (κ3) is 3.31. The number of carbonyl (C=O) groups is 2. The van der Waals surface area contributed by atoms with Gasteiger partial charge in [-0.15, -0.1) is 0 Å². The second-order valence-electron chi connectivity index (χ2n) is 8.65. The molecule has 170 valence electrons. The number of hydrogen-bond donors (Lipinski definition) is 3. The Bertz CT molecular complexity index is 1060. The summed E-state index contributed by atoms with van der Waals surface area (Å²) in [4.78, 5) is 25.7. The normalized spacial score (nSPS) is 26.8. The van der Waals surface area contributed by atoms with E-state index in [4.69, 9.17) is 23.2 Å². The van der Waals surface area contributed by atoms with E-state index in [9.17, 15) is 14.7 Å². The number of anilines is 1. The minimum atomic E-state index is -1.36. The summed E-state index contributed by atoms with van der Waals surface area (Å²) in [6, 6.07) is 8.49. The van der Waals surface area contributed by atoms with Gasteiger partial charge in [-0.05, 0) is 42.2 Å². The van der Waals surface area contributed by atoms with E-state index < -0.39 is 34.7 Å². The number of rotatable bonds is 5. The molecule has 3 atom stereocenters. The molecule has 3 N–H and O–H groups in total. The quantitative estimate of drug-likeness (QED) is 0.517. The third-order valence-corrected chi connectivity index (χ3v) is 7.75. The van der Waals surface area contributed by atoms with Crippen molar-refractivity contribution in [2.45, 2.75) is 55.0 Å². The van der Waals surface area contributed by atoms with Crippen molar-refractivity contribution in [1.82, 2.24) is 5.32 Å². The Kier molecular flexibility index (Phi) is 6.23. The predicted octanol–water partition coefficient (Wildman–Crippen LogP) is 5.15. The molecule has 2 aromatic rings. The SMILES string of the molecule is CNc1cc(Cl)ccc1[C@]1(C=O)C(c2cccc(Cl)c2F)[C@H](C(=O)O)NC12CCCCC2. The molecule has 1 saturated heterocycles. The Morgan fingerprint density at radius 2 is 1.94 bits per heavy atom. The van der Waals surface area contributed by atoms with Gasteiger partial charge < -0.3 is 15.2 Å². The van der Waals surface area contributed by atoms with Crippen molar-refractivity contribution >= 4 is 41.1 Å². The lowest BCUT2D eigenvalue weighted by atomic mass is 9.55. The highest BCUT2D eigenvalue weighted by atomic mass is 35.5. The van der Waals surface area contributed by atoms with Crippen LogP contribution < -0.4 is 10.6 Å². The number of carbonyl (C=O) groups excluding carboxylic acids is 1. The molecule has 2 aliphatic rings. The van der Waals surface area contributed by atoms with Gasteiger partial charge in [0.2, 0.25) is 0 Å². The average Bonchev–Trinajstić information content (AvgIpc) is 3.06. The summed E-state index contributed by atoms with van der Waals surface area (Å²) in [5, 5.41) is 17.0. The molecule has 1 aliphatic heterocycles. The summed E-state index contributed by atoms with van der Waals surface area (Å²) in [7, 11) is 1.72. The van der Waals surface area contributed by atoms with Gasteiger partial charge in [-0.2, -0.15) is 0 Å². The molecule has 1 saturated carbocycles. The van der Waals surface area contributed by atoms with E-state index in [1.807, 2.05) is 0 Å².